The third-order valence-corrected chi connectivity index (χ3v) is 7.57. The number of hydrogen-bond donors (Lipinski definition) is 2. The number of rotatable bonds is 5. The minimum Gasteiger partial charge on any atom is -0.338 e. The number of aromatic nitrogens is 2. The molecule has 158 valence electrons. The first kappa shape index (κ1) is 21.2. The van der Waals surface area contributed by atoms with Crippen LogP contribution in [0.25, 0.3) is 22.4 Å². The summed E-state index contributed by atoms with van der Waals surface area (Å²) >= 11 is 3.25. The summed E-state index contributed by atoms with van der Waals surface area (Å²) in [7, 11) is -0.803. The third kappa shape index (κ3) is 4.25. The van der Waals surface area contributed by atoms with Gasteiger partial charge in [-0.05, 0) is 70.5 Å². The van der Waals surface area contributed by atoms with Crippen molar-refractivity contribution < 1.29 is 13.2 Å². The summed E-state index contributed by atoms with van der Waals surface area (Å²) in [6, 6.07) is 19.5. The highest BCUT2D eigenvalue weighted by Crippen LogP contribution is 2.26. The number of sulfonamides is 1. The summed E-state index contributed by atoms with van der Waals surface area (Å²) < 4.78 is 26.5. The van der Waals surface area contributed by atoms with Gasteiger partial charge in [0.1, 0.15) is 5.82 Å². The lowest BCUT2D eigenvalue weighted by atomic mass is 10.1. The smallest absolute Gasteiger partial charge is 0.255 e. The third-order valence-electron chi connectivity index (χ3n) is 4.76. The van der Waals surface area contributed by atoms with Crippen molar-refractivity contribution in [2.24, 2.45) is 0 Å². The monoisotopic (exact) mass is 498 g/mol. The van der Waals surface area contributed by atoms with Crippen LogP contribution in [0.5, 0.6) is 0 Å². The van der Waals surface area contributed by atoms with Crippen molar-refractivity contribution in [2.75, 3.05) is 19.4 Å². The van der Waals surface area contributed by atoms with E-state index >= 15 is 0 Å². The van der Waals surface area contributed by atoms with E-state index in [1.807, 2.05) is 36.4 Å². The quantitative estimate of drug-likeness (QED) is 0.423. The van der Waals surface area contributed by atoms with E-state index < -0.39 is 15.9 Å². The Hall–Kier alpha value is -3.01. The Morgan fingerprint density at radius 3 is 2.42 bits per heavy atom. The van der Waals surface area contributed by atoms with Gasteiger partial charge in [0, 0.05) is 35.4 Å². The lowest BCUT2D eigenvalue weighted by Gasteiger charge is -2.14. The summed E-state index contributed by atoms with van der Waals surface area (Å²) in [5, 5.41) is 2.80. The number of nitrogens with one attached hydrogen (secondary N) is 2. The second-order valence-corrected chi connectivity index (χ2v) is 10.0. The minimum atomic E-state index is -3.69. The molecule has 4 rings (SSSR count). The van der Waals surface area contributed by atoms with Gasteiger partial charge in [0.15, 0.2) is 0 Å². The molecule has 1 aromatic heterocycles. The van der Waals surface area contributed by atoms with E-state index in [0.29, 0.717) is 10.2 Å². The van der Waals surface area contributed by atoms with Crippen LogP contribution in [0.4, 0.5) is 5.69 Å². The van der Waals surface area contributed by atoms with Gasteiger partial charge >= 0.3 is 0 Å². The number of para-hydroxylation sites is 2. The molecule has 9 heteroatoms. The molecule has 0 aliphatic rings. The lowest BCUT2D eigenvalue weighted by molar-refractivity contribution is 0.102. The van der Waals surface area contributed by atoms with Gasteiger partial charge in [0.05, 0.1) is 15.9 Å². The summed E-state index contributed by atoms with van der Waals surface area (Å²) in [5.74, 6) is 0.338. The van der Waals surface area contributed by atoms with Crippen molar-refractivity contribution >= 4 is 48.6 Å². The summed E-state index contributed by atoms with van der Waals surface area (Å²) in [5.41, 5.74) is 3.55. The molecule has 0 saturated heterocycles. The fourth-order valence-electron chi connectivity index (χ4n) is 3.04. The summed E-state index contributed by atoms with van der Waals surface area (Å²) in [4.78, 5) is 20.6. The molecule has 2 N–H and O–H groups in total. The summed E-state index contributed by atoms with van der Waals surface area (Å²) in [6.07, 6.45) is 0. The zero-order valence-corrected chi connectivity index (χ0v) is 19.2. The maximum Gasteiger partial charge on any atom is 0.255 e. The Morgan fingerprint density at radius 1 is 1.03 bits per heavy atom. The van der Waals surface area contributed by atoms with E-state index in [1.165, 1.54) is 20.2 Å². The number of anilines is 1. The number of fused-ring (bicyclic) bond motifs is 1. The number of benzene rings is 3. The van der Waals surface area contributed by atoms with Gasteiger partial charge in [-0.1, -0.05) is 12.1 Å². The van der Waals surface area contributed by atoms with Gasteiger partial charge in [0.2, 0.25) is 10.0 Å². The van der Waals surface area contributed by atoms with Crippen LogP contribution in [0, 0.1) is 0 Å². The van der Waals surface area contributed by atoms with E-state index in [0.717, 1.165) is 26.7 Å². The molecule has 0 bridgehead atoms. The molecule has 0 radical (unpaired) electrons. The Morgan fingerprint density at radius 2 is 1.74 bits per heavy atom. The second kappa shape index (κ2) is 8.26. The molecule has 1 amide bonds. The first-order chi connectivity index (χ1) is 14.8. The average molecular weight is 499 g/mol. The van der Waals surface area contributed by atoms with Crippen molar-refractivity contribution in [3.05, 3.63) is 76.8 Å². The molecule has 7 nitrogen and oxygen atoms in total. The van der Waals surface area contributed by atoms with E-state index in [2.05, 4.69) is 31.2 Å². The van der Waals surface area contributed by atoms with Gasteiger partial charge in [-0.2, -0.15) is 0 Å². The van der Waals surface area contributed by atoms with Crippen LogP contribution in [0.2, 0.25) is 0 Å². The molecule has 0 aliphatic heterocycles. The normalized spacial score (nSPS) is 11.7. The number of aromatic amines is 1. The molecular formula is C22H19BrN4O3S. The zero-order valence-electron chi connectivity index (χ0n) is 16.8. The summed E-state index contributed by atoms with van der Waals surface area (Å²) in [6.45, 7) is 0. The van der Waals surface area contributed by atoms with Crippen LogP contribution in [0.3, 0.4) is 0 Å². The number of halogens is 1. The molecule has 1 heterocycles. The van der Waals surface area contributed by atoms with E-state index in [9.17, 15) is 13.2 Å². The Labute approximate surface area is 188 Å². The van der Waals surface area contributed by atoms with Crippen LogP contribution >= 0.6 is 15.9 Å². The van der Waals surface area contributed by atoms with Crippen LogP contribution in [-0.2, 0) is 10.0 Å². The molecular weight excluding hydrogens is 480 g/mol. The number of nitrogens with zero attached hydrogens (tertiary/aromatic N) is 2. The molecule has 0 spiro atoms. The predicted molar refractivity (Wildman–Crippen MR) is 124 cm³/mol. The highest BCUT2D eigenvalue weighted by Gasteiger charge is 2.22. The Kier molecular flexibility index (Phi) is 5.65. The SMILES string of the molecule is CN(C)S(=O)(=O)c1cc(C(=O)Nc2ccc(-c3nc4ccccc4[nH]3)cc2)ccc1Br. The molecule has 0 fully saturated rings. The average Bonchev–Trinajstić information content (AvgIpc) is 3.18. The fourth-order valence-corrected chi connectivity index (χ4v) is 4.89. The Balaban J connectivity index is 1.55. The number of carbonyl (C=O) groups excluding carboxylic acids is 1. The molecule has 31 heavy (non-hydrogen) atoms. The molecule has 0 aliphatic carbocycles. The van der Waals surface area contributed by atoms with E-state index in [4.69, 9.17) is 0 Å². The van der Waals surface area contributed by atoms with Crippen LogP contribution < -0.4 is 5.32 Å². The van der Waals surface area contributed by atoms with Crippen LogP contribution in [-0.4, -0.2) is 42.7 Å². The van der Waals surface area contributed by atoms with Crippen molar-refractivity contribution in [3.8, 4) is 11.4 Å². The number of carbonyl (C=O) groups is 1. The minimum absolute atomic E-state index is 0.0328. The topological polar surface area (TPSA) is 95.2 Å². The molecule has 0 unspecified atom stereocenters. The van der Waals surface area contributed by atoms with Gasteiger partial charge in [-0.15, -0.1) is 0 Å². The maximum atomic E-state index is 12.7. The van der Waals surface area contributed by atoms with Crippen molar-refractivity contribution in [1.29, 1.82) is 0 Å². The predicted octanol–water partition coefficient (Wildman–Crippen LogP) is 4.50. The van der Waals surface area contributed by atoms with Crippen LogP contribution in [0.1, 0.15) is 10.4 Å². The van der Waals surface area contributed by atoms with Gasteiger partial charge in [-0.3, -0.25) is 4.79 Å². The number of H-pyrrole nitrogens is 1. The highest BCUT2D eigenvalue weighted by molar-refractivity contribution is 9.10. The van der Waals surface area contributed by atoms with Gasteiger partial charge in [-0.25, -0.2) is 17.7 Å². The molecule has 4 aromatic rings. The van der Waals surface area contributed by atoms with Crippen molar-refractivity contribution in [1.82, 2.24) is 14.3 Å². The Bertz CT molecular complexity index is 1350. The number of imidazole rings is 1. The molecule has 0 saturated carbocycles. The first-order valence-electron chi connectivity index (χ1n) is 9.34. The van der Waals surface area contributed by atoms with Crippen molar-refractivity contribution in [2.45, 2.75) is 4.90 Å². The van der Waals surface area contributed by atoms with Gasteiger partial charge < -0.3 is 10.3 Å². The zero-order chi connectivity index (χ0) is 22.2. The maximum absolute atomic E-state index is 12.7. The standard InChI is InChI=1S/C22H19BrN4O3S/c1-27(2)31(29,30)20-13-15(9-12-17(20)23)22(28)24-16-10-7-14(8-11-16)21-25-18-5-3-4-6-19(18)26-21/h3-13H,1-2H3,(H,24,28)(H,25,26). The van der Waals surface area contributed by atoms with E-state index in [1.54, 1.807) is 24.3 Å². The van der Waals surface area contributed by atoms with Crippen molar-refractivity contribution in [3.63, 3.8) is 0 Å². The van der Waals surface area contributed by atoms with E-state index in [-0.39, 0.29) is 10.5 Å². The van der Waals surface area contributed by atoms with Crippen LogP contribution in [0.15, 0.2) is 76.1 Å². The first-order valence-corrected chi connectivity index (χ1v) is 11.6. The molecule has 0 atom stereocenters. The van der Waals surface area contributed by atoms with Gasteiger partial charge in [0.25, 0.3) is 5.91 Å². The second-order valence-electron chi connectivity index (χ2n) is 7.07. The number of amides is 1. The molecule has 3 aromatic carbocycles. The number of hydrogen-bond acceptors (Lipinski definition) is 4. The fraction of sp³-hybridized carbons (Fsp3) is 0.0909. The highest BCUT2D eigenvalue weighted by atomic mass is 79.9. The lowest BCUT2D eigenvalue weighted by Crippen LogP contribution is -2.23. The largest absolute Gasteiger partial charge is 0.338 e.